The molecule has 0 bridgehead atoms. The van der Waals surface area contributed by atoms with Gasteiger partial charge in [0.05, 0.1) is 12.0 Å². The van der Waals surface area contributed by atoms with Crippen LogP contribution in [0.15, 0.2) is 0 Å². The molecule has 0 saturated carbocycles. The van der Waals surface area contributed by atoms with Gasteiger partial charge in [0.15, 0.2) is 5.78 Å². The minimum atomic E-state index is -0.995. The topological polar surface area (TPSA) is 52.6 Å². The van der Waals surface area contributed by atoms with Gasteiger partial charge < -0.3 is 9.47 Å². The molecule has 4 heteroatoms. The highest BCUT2D eigenvalue weighted by Gasteiger charge is 2.47. The molecule has 0 saturated heterocycles. The van der Waals surface area contributed by atoms with Crippen LogP contribution in [0.1, 0.15) is 137 Å². The van der Waals surface area contributed by atoms with E-state index in [1.165, 1.54) is 0 Å². The average Bonchev–Trinajstić information content (AvgIpc) is 2.55. The van der Waals surface area contributed by atoms with Crippen LogP contribution in [0, 0.1) is 32.5 Å². The zero-order valence-electron chi connectivity index (χ0n) is 26.8. The Bertz CT molecular complexity index is 750. The van der Waals surface area contributed by atoms with E-state index in [9.17, 15) is 9.59 Å². The van der Waals surface area contributed by atoms with Gasteiger partial charge in [-0.25, -0.2) is 0 Å². The van der Waals surface area contributed by atoms with E-state index in [1.807, 2.05) is 55.4 Å². The first-order chi connectivity index (χ1) is 14.9. The van der Waals surface area contributed by atoms with Gasteiger partial charge in [0, 0.05) is 5.41 Å². The predicted molar refractivity (Wildman–Crippen MR) is 148 cm³/mol. The lowest BCUT2D eigenvalue weighted by atomic mass is 9.60. The van der Waals surface area contributed by atoms with Crippen molar-refractivity contribution in [2.24, 2.45) is 32.5 Å². The predicted octanol–water partition coefficient (Wildman–Crippen LogP) is 8.65. The van der Waals surface area contributed by atoms with Crippen LogP contribution in [-0.2, 0) is 19.1 Å². The molecular weight excluding hydrogens is 436 g/mol. The Morgan fingerprint density at radius 2 is 0.886 bits per heavy atom. The molecule has 0 fully saturated rings. The number of ketones is 1. The van der Waals surface area contributed by atoms with Crippen LogP contribution in [0.5, 0.6) is 0 Å². The second-order valence-corrected chi connectivity index (χ2v) is 16.7. The van der Waals surface area contributed by atoms with Crippen LogP contribution in [0.3, 0.4) is 0 Å². The molecular formula is C31H60O4. The van der Waals surface area contributed by atoms with E-state index in [1.54, 1.807) is 0 Å². The molecule has 35 heavy (non-hydrogen) atoms. The van der Waals surface area contributed by atoms with Crippen molar-refractivity contribution in [2.75, 3.05) is 6.61 Å². The van der Waals surface area contributed by atoms with Crippen LogP contribution in [0.4, 0.5) is 0 Å². The Kier molecular flexibility index (Phi) is 9.84. The minimum absolute atomic E-state index is 0.0243. The summed E-state index contributed by atoms with van der Waals surface area (Å²) < 4.78 is 12.2. The van der Waals surface area contributed by atoms with Crippen molar-refractivity contribution in [3.05, 3.63) is 0 Å². The number of carbonyl (C=O) groups is 2. The number of rotatable bonds is 11. The minimum Gasteiger partial charge on any atom is -0.457 e. The summed E-state index contributed by atoms with van der Waals surface area (Å²) in [4.78, 5) is 26.8. The molecule has 0 aliphatic heterocycles. The molecule has 0 aliphatic rings. The monoisotopic (exact) mass is 496 g/mol. The van der Waals surface area contributed by atoms with Crippen LogP contribution in [-0.4, -0.2) is 29.6 Å². The third-order valence-corrected chi connectivity index (χ3v) is 8.69. The summed E-state index contributed by atoms with van der Waals surface area (Å²) in [5.41, 5.74) is -2.98. The van der Waals surface area contributed by atoms with E-state index in [2.05, 4.69) is 69.2 Å². The maximum Gasteiger partial charge on any atom is 0.312 e. The number of ether oxygens (including phenoxy) is 2. The molecule has 0 atom stereocenters. The van der Waals surface area contributed by atoms with Gasteiger partial charge in [0.1, 0.15) is 11.2 Å². The van der Waals surface area contributed by atoms with Gasteiger partial charge in [0.2, 0.25) is 0 Å². The highest BCUT2D eigenvalue weighted by Crippen LogP contribution is 2.48. The van der Waals surface area contributed by atoms with Crippen LogP contribution in [0.25, 0.3) is 0 Å². The number of hydrogen-bond acceptors (Lipinski definition) is 4. The first-order valence-corrected chi connectivity index (χ1v) is 13.3. The zero-order valence-corrected chi connectivity index (χ0v) is 26.8. The van der Waals surface area contributed by atoms with Crippen molar-refractivity contribution in [2.45, 2.75) is 149 Å². The second kappa shape index (κ2) is 10.1. The number of carbonyl (C=O) groups excluding carboxylic acids is 2. The lowest BCUT2D eigenvalue weighted by Gasteiger charge is -2.45. The second-order valence-electron chi connectivity index (χ2n) is 16.7. The molecule has 4 nitrogen and oxygen atoms in total. The Hall–Kier alpha value is -0.900. The zero-order chi connectivity index (χ0) is 28.7. The summed E-state index contributed by atoms with van der Waals surface area (Å²) >= 11 is 0. The molecule has 208 valence electrons. The van der Waals surface area contributed by atoms with E-state index in [0.29, 0.717) is 6.42 Å². The molecule has 0 aromatic rings. The number of hydrogen-bond donors (Lipinski definition) is 0. The highest BCUT2D eigenvalue weighted by molar-refractivity contribution is 5.91. The maximum atomic E-state index is 13.6. The molecule has 0 amide bonds. The van der Waals surface area contributed by atoms with Gasteiger partial charge >= 0.3 is 5.97 Å². The summed E-state index contributed by atoms with van der Waals surface area (Å²) in [6, 6.07) is 0. The molecule has 0 aliphatic carbocycles. The lowest BCUT2D eigenvalue weighted by molar-refractivity contribution is -0.183. The third kappa shape index (κ3) is 9.17. The van der Waals surface area contributed by atoms with E-state index < -0.39 is 22.0 Å². The molecule has 0 N–H and O–H groups in total. The fraction of sp³-hybridized carbons (Fsp3) is 0.935. The van der Waals surface area contributed by atoms with Crippen LogP contribution >= 0.6 is 0 Å². The number of Topliss-reactive ketones (excluding diaryl/α,β-unsaturated/α-hetero) is 1. The standard InChI is InChI=1S/C31H60O4/c1-24(2,3)28(11,12)19-26(7,8)22(32)31(17,18)34-21-30(15,16)35-23(33)27(9,10)20-29(13,14)25(4,5)6/h19-21H2,1-18H3. The highest BCUT2D eigenvalue weighted by atomic mass is 16.6. The first-order valence-electron chi connectivity index (χ1n) is 13.3. The van der Waals surface area contributed by atoms with E-state index >= 15 is 0 Å². The van der Waals surface area contributed by atoms with Crippen molar-refractivity contribution >= 4 is 11.8 Å². The third-order valence-electron chi connectivity index (χ3n) is 8.69. The fourth-order valence-corrected chi connectivity index (χ4v) is 4.55. The van der Waals surface area contributed by atoms with Gasteiger partial charge in [-0.3, -0.25) is 9.59 Å². The summed E-state index contributed by atoms with van der Waals surface area (Å²) in [5.74, 6) is -0.170. The van der Waals surface area contributed by atoms with Gasteiger partial charge in [-0.2, -0.15) is 0 Å². The summed E-state index contributed by atoms with van der Waals surface area (Å²) in [6.07, 6.45) is 1.46. The summed E-state index contributed by atoms with van der Waals surface area (Å²) in [7, 11) is 0. The van der Waals surface area contributed by atoms with E-state index in [0.717, 1.165) is 6.42 Å². The molecule has 0 unspecified atom stereocenters. The van der Waals surface area contributed by atoms with Gasteiger partial charge in [0.25, 0.3) is 0 Å². The SMILES string of the molecule is CC(C)(COC(C)(C)C(=O)C(C)(C)CC(C)(C)C(C)(C)C)OC(=O)C(C)(C)CC(C)(C)C(C)(C)C. The van der Waals surface area contributed by atoms with Crippen molar-refractivity contribution in [1.29, 1.82) is 0 Å². The fourth-order valence-electron chi connectivity index (χ4n) is 4.55. The van der Waals surface area contributed by atoms with Gasteiger partial charge in [-0.1, -0.05) is 83.1 Å². The Morgan fingerprint density at radius 3 is 1.23 bits per heavy atom. The summed E-state index contributed by atoms with van der Waals surface area (Å²) in [5, 5.41) is 0. The van der Waals surface area contributed by atoms with E-state index in [-0.39, 0.29) is 40.0 Å². The molecule has 0 heterocycles. The quantitative estimate of drug-likeness (QED) is 0.269. The smallest absolute Gasteiger partial charge is 0.312 e. The van der Waals surface area contributed by atoms with E-state index in [4.69, 9.17) is 9.47 Å². The van der Waals surface area contributed by atoms with Gasteiger partial charge in [-0.05, 0) is 76.0 Å². The Labute approximate surface area is 218 Å². The molecule has 0 rings (SSSR count). The molecule has 0 radical (unpaired) electrons. The van der Waals surface area contributed by atoms with Crippen molar-refractivity contribution < 1.29 is 19.1 Å². The summed E-state index contributed by atoms with van der Waals surface area (Å²) in [6.45, 7) is 37.6. The maximum absolute atomic E-state index is 13.6. The van der Waals surface area contributed by atoms with Gasteiger partial charge in [-0.15, -0.1) is 0 Å². The average molecular weight is 497 g/mol. The molecule has 0 aromatic carbocycles. The molecule has 0 aromatic heterocycles. The van der Waals surface area contributed by atoms with Crippen molar-refractivity contribution in [1.82, 2.24) is 0 Å². The first kappa shape index (κ1) is 34.1. The van der Waals surface area contributed by atoms with Crippen LogP contribution in [0.2, 0.25) is 0 Å². The van der Waals surface area contributed by atoms with Crippen molar-refractivity contribution in [3.63, 3.8) is 0 Å². The lowest BCUT2D eigenvalue weighted by Crippen LogP contribution is -2.49. The number of esters is 1. The normalized spacial score (nSPS) is 15.3. The van der Waals surface area contributed by atoms with Crippen molar-refractivity contribution in [3.8, 4) is 0 Å². The Balaban J connectivity index is 5.42. The largest absolute Gasteiger partial charge is 0.457 e. The molecule has 0 spiro atoms. The van der Waals surface area contributed by atoms with Crippen LogP contribution < -0.4 is 0 Å². The Morgan fingerprint density at radius 1 is 0.543 bits per heavy atom.